The van der Waals surface area contributed by atoms with Crippen molar-refractivity contribution < 1.29 is 34.4 Å². The van der Waals surface area contributed by atoms with Crippen LogP contribution in [0.5, 0.6) is 0 Å². The second-order valence-electron chi connectivity index (χ2n) is 9.49. The highest BCUT2D eigenvalue weighted by Crippen LogP contribution is 2.46. The first-order chi connectivity index (χ1) is 18.0. The van der Waals surface area contributed by atoms with Gasteiger partial charge in [-0.25, -0.2) is 0 Å². The first kappa shape index (κ1) is 22.4. The fourth-order valence-electron chi connectivity index (χ4n) is 6.11. The average molecular weight is 501 g/mol. The van der Waals surface area contributed by atoms with Crippen LogP contribution in [0.3, 0.4) is 0 Å². The van der Waals surface area contributed by atoms with E-state index in [1.54, 1.807) is 4.57 Å². The number of benzene rings is 3. The van der Waals surface area contributed by atoms with Gasteiger partial charge in [-0.3, -0.25) is 14.9 Å². The first-order valence-corrected chi connectivity index (χ1v) is 12.0. The van der Waals surface area contributed by atoms with E-state index in [-0.39, 0.29) is 5.56 Å². The van der Waals surface area contributed by atoms with E-state index in [1.807, 2.05) is 48.5 Å². The van der Waals surface area contributed by atoms with E-state index >= 15 is 0 Å². The number of ether oxygens (including phenoxy) is 2. The van der Waals surface area contributed by atoms with Gasteiger partial charge in [0.05, 0.1) is 34.3 Å². The summed E-state index contributed by atoms with van der Waals surface area (Å²) in [5.74, 6) is -0.973. The van der Waals surface area contributed by atoms with E-state index in [0.717, 1.165) is 10.9 Å². The molecule has 3 aromatic carbocycles. The molecule has 37 heavy (non-hydrogen) atoms. The van der Waals surface area contributed by atoms with E-state index in [9.17, 15) is 24.9 Å². The second-order valence-corrected chi connectivity index (χ2v) is 9.49. The molecule has 4 heterocycles. The van der Waals surface area contributed by atoms with Gasteiger partial charge in [-0.2, -0.15) is 0 Å². The van der Waals surface area contributed by atoms with Crippen molar-refractivity contribution in [3.05, 3.63) is 59.7 Å². The SMILES string of the molecule is CO[C@H]1[C@H](O)[C@@H](O)C(n2c3ccccc3c3c4c(c5c6ccccc6[nH]c5c32)C(=O)NC4=O)O[C@@H]1CO. The summed E-state index contributed by atoms with van der Waals surface area (Å²) in [4.78, 5) is 29.7. The van der Waals surface area contributed by atoms with Crippen LogP contribution >= 0.6 is 0 Å². The normalized spacial score (nSPS) is 26.0. The Balaban J connectivity index is 1.67. The fourth-order valence-corrected chi connectivity index (χ4v) is 6.11. The molecule has 10 nitrogen and oxygen atoms in total. The predicted molar refractivity (Wildman–Crippen MR) is 134 cm³/mol. The average Bonchev–Trinajstić information content (AvgIpc) is 3.54. The monoisotopic (exact) mass is 501 g/mol. The number of carbonyl (C=O) groups excluding carboxylic acids is 2. The molecule has 2 aromatic heterocycles. The second kappa shape index (κ2) is 7.85. The predicted octanol–water partition coefficient (Wildman–Crippen LogP) is 1.94. The fraction of sp³-hybridized carbons (Fsp3) is 0.259. The lowest BCUT2D eigenvalue weighted by Crippen LogP contribution is -2.57. The van der Waals surface area contributed by atoms with Crippen molar-refractivity contribution in [2.75, 3.05) is 13.7 Å². The smallest absolute Gasteiger partial charge is 0.259 e. The summed E-state index contributed by atoms with van der Waals surface area (Å²) in [6.45, 7) is -0.440. The van der Waals surface area contributed by atoms with Gasteiger partial charge in [0.1, 0.15) is 24.4 Å². The van der Waals surface area contributed by atoms with E-state index in [1.165, 1.54) is 7.11 Å². The van der Waals surface area contributed by atoms with Gasteiger partial charge in [-0.1, -0.05) is 36.4 Å². The number of imide groups is 1. The number of aromatic nitrogens is 2. The van der Waals surface area contributed by atoms with Crippen molar-refractivity contribution in [3.63, 3.8) is 0 Å². The van der Waals surface area contributed by atoms with Gasteiger partial charge in [-0.15, -0.1) is 0 Å². The quantitative estimate of drug-likeness (QED) is 0.238. The topological polar surface area (TPSA) is 146 Å². The van der Waals surface area contributed by atoms with Crippen molar-refractivity contribution >= 4 is 55.4 Å². The lowest BCUT2D eigenvalue weighted by atomic mass is 9.96. The van der Waals surface area contributed by atoms with Gasteiger partial charge in [-0.05, 0) is 12.1 Å². The molecule has 2 aliphatic rings. The van der Waals surface area contributed by atoms with Gasteiger partial charge in [0.15, 0.2) is 6.23 Å². The number of aliphatic hydroxyl groups is 3. The van der Waals surface area contributed by atoms with Crippen molar-refractivity contribution in [1.29, 1.82) is 0 Å². The van der Waals surface area contributed by atoms with E-state index < -0.39 is 49.1 Å². The summed E-state index contributed by atoms with van der Waals surface area (Å²) >= 11 is 0. The van der Waals surface area contributed by atoms with E-state index in [0.29, 0.717) is 38.3 Å². The highest BCUT2D eigenvalue weighted by molar-refractivity contribution is 6.39. The molecule has 188 valence electrons. The van der Waals surface area contributed by atoms with Crippen LogP contribution in [0.15, 0.2) is 48.5 Å². The Labute approximate surface area is 209 Å². The maximum atomic E-state index is 13.2. The minimum atomic E-state index is -1.42. The molecule has 5 aromatic rings. The van der Waals surface area contributed by atoms with Crippen molar-refractivity contribution in [3.8, 4) is 0 Å². The Bertz CT molecular complexity index is 1770. The number of carbonyl (C=O) groups is 2. The maximum absolute atomic E-state index is 13.2. The first-order valence-electron chi connectivity index (χ1n) is 12.0. The van der Waals surface area contributed by atoms with Gasteiger partial charge in [0, 0.05) is 34.2 Å². The van der Waals surface area contributed by atoms with Crippen molar-refractivity contribution in [2.45, 2.75) is 30.6 Å². The molecule has 1 saturated heterocycles. The summed E-state index contributed by atoms with van der Waals surface area (Å²) in [6.07, 6.45) is -5.76. The molecule has 2 aliphatic heterocycles. The number of fused-ring (bicyclic) bond motifs is 10. The van der Waals surface area contributed by atoms with Crippen molar-refractivity contribution in [1.82, 2.24) is 14.9 Å². The zero-order valence-electron chi connectivity index (χ0n) is 19.6. The van der Waals surface area contributed by atoms with Gasteiger partial charge in [0.2, 0.25) is 0 Å². The molecule has 0 aliphatic carbocycles. The molecule has 0 radical (unpaired) electrons. The van der Waals surface area contributed by atoms with Crippen LogP contribution in [0.1, 0.15) is 26.9 Å². The number of amides is 2. The number of methoxy groups -OCH3 is 1. The lowest BCUT2D eigenvalue weighted by Gasteiger charge is -2.42. The van der Waals surface area contributed by atoms with Crippen LogP contribution in [0.2, 0.25) is 0 Å². The molecule has 0 spiro atoms. The number of H-pyrrole nitrogens is 1. The largest absolute Gasteiger partial charge is 0.394 e. The van der Waals surface area contributed by atoms with Crippen LogP contribution in [-0.4, -0.2) is 74.8 Å². The molecule has 0 saturated carbocycles. The lowest BCUT2D eigenvalue weighted by molar-refractivity contribution is -0.255. The highest BCUT2D eigenvalue weighted by atomic mass is 16.6. The summed E-state index contributed by atoms with van der Waals surface area (Å²) in [6, 6.07) is 14.8. The van der Waals surface area contributed by atoms with Crippen LogP contribution in [0, 0.1) is 0 Å². The van der Waals surface area contributed by atoms with Crippen molar-refractivity contribution in [2.24, 2.45) is 0 Å². The minimum absolute atomic E-state index is 0.256. The third kappa shape index (κ3) is 2.81. The minimum Gasteiger partial charge on any atom is -0.394 e. The number of aliphatic hydroxyl groups excluding tert-OH is 3. The molecule has 5 N–H and O–H groups in total. The molecule has 7 rings (SSSR count). The molecule has 0 bridgehead atoms. The number of hydrogen-bond donors (Lipinski definition) is 5. The molecule has 5 atom stereocenters. The number of aromatic amines is 1. The van der Waals surface area contributed by atoms with Gasteiger partial charge < -0.3 is 34.3 Å². The number of hydrogen-bond acceptors (Lipinski definition) is 7. The number of nitrogens with zero attached hydrogens (tertiary/aromatic N) is 1. The Morgan fingerprint density at radius 1 is 0.946 bits per heavy atom. The number of rotatable bonds is 3. The summed E-state index contributed by atoms with van der Waals surface area (Å²) in [5, 5.41) is 37.2. The van der Waals surface area contributed by atoms with Crippen LogP contribution in [0.4, 0.5) is 0 Å². The van der Waals surface area contributed by atoms with Gasteiger partial charge >= 0.3 is 0 Å². The van der Waals surface area contributed by atoms with Crippen LogP contribution < -0.4 is 5.32 Å². The van der Waals surface area contributed by atoms with Crippen LogP contribution in [-0.2, 0) is 9.47 Å². The Morgan fingerprint density at radius 2 is 1.62 bits per heavy atom. The summed E-state index contributed by atoms with van der Waals surface area (Å²) in [7, 11) is 1.38. The molecule has 1 fully saturated rings. The van der Waals surface area contributed by atoms with Crippen LogP contribution in [0.25, 0.3) is 43.6 Å². The highest BCUT2D eigenvalue weighted by Gasteiger charge is 2.47. The van der Waals surface area contributed by atoms with Gasteiger partial charge in [0.25, 0.3) is 11.8 Å². The standard InChI is InChI=1S/C27H23N3O7/c1-36-24-15(10-31)37-27(23(33)22(24)32)30-14-9-5-3-7-12(14)17-19-18(25(34)29-26(19)35)16-11-6-2-4-8-13(11)28-20(16)21(17)30/h2-9,15,22-24,27-28,31-33H,10H2,1H3,(H,29,34,35)/t15-,22-,23-,24-,27?/m1/s1. The maximum Gasteiger partial charge on any atom is 0.259 e. The summed E-state index contributed by atoms with van der Waals surface area (Å²) < 4.78 is 13.2. The molecule has 2 amide bonds. The summed E-state index contributed by atoms with van der Waals surface area (Å²) in [5.41, 5.74) is 3.09. The number of para-hydroxylation sites is 2. The third-order valence-electron chi connectivity index (χ3n) is 7.65. The Kier molecular flexibility index (Phi) is 4.75. The molecular formula is C27H23N3O7. The third-order valence-corrected chi connectivity index (χ3v) is 7.65. The Morgan fingerprint density at radius 3 is 2.35 bits per heavy atom. The zero-order valence-corrected chi connectivity index (χ0v) is 19.6. The van der Waals surface area contributed by atoms with E-state index in [4.69, 9.17) is 9.47 Å². The van der Waals surface area contributed by atoms with E-state index in [2.05, 4.69) is 10.3 Å². The Hall–Kier alpha value is -3.80. The molecular weight excluding hydrogens is 478 g/mol. The zero-order chi connectivity index (χ0) is 25.6. The molecule has 1 unspecified atom stereocenters. The number of nitrogens with one attached hydrogen (secondary N) is 2. The molecule has 10 heteroatoms.